The summed E-state index contributed by atoms with van der Waals surface area (Å²) in [4.78, 5) is 8.62. The van der Waals surface area contributed by atoms with Crippen LogP contribution in [0.1, 0.15) is 101 Å². The lowest BCUT2D eigenvalue weighted by atomic mass is 9.68. The number of nitrogens with zero attached hydrogens (tertiary/aromatic N) is 2. The Bertz CT molecular complexity index is 1060. The van der Waals surface area contributed by atoms with Crippen LogP contribution in [0.5, 0.6) is 0 Å². The summed E-state index contributed by atoms with van der Waals surface area (Å²) in [5.74, 6) is 3.17. The van der Waals surface area contributed by atoms with Crippen molar-refractivity contribution in [3.63, 3.8) is 0 Å². The van der Waals surface area contributed by atoms with Gasteiger partial charge < -0.3 is 0 Å². The molecule has 0 unspecified atom stereocenters. The van der Waals surface area contributed by atoms with Gasteiger partial charge in [0, 0.05) is 23.9 Å². The molecule has 2 fully saturated rings. The molecule has 0 N–H and O–H groups in total. The van der Waals surface area contributed by atoms with Crippen LogP contribution in [0.25, 0.3) is 11.4 Å². The van der Waals surface area contributed by atoms with E-state index >= 15 is 0 Å². The average molecular weight is 519 g/mol. The van der Waals surface area contributed by atoms with Gasteiger partial charge in [-0.25, -0.2) is 18.7 Å². The minimum absolute atomic E-state index is 0.0631. The van der Waals surface area contributed by atoms with Crippen molar-refractivity contribution in [2.24, 2.45) is 17.8 Å². The van der Waals surface area contributed by atoms with E-state index in [1.54, 1.807) is 12.4 Å². The van der Waals surface area contributed by atoms with Crippen LogP contribution in [-0.2, 0) is 0 Å². The number of aromatic nitrogens is 2. The second-order valence-electron chi connectivity index (χ2n) is 10.8. The Hall–Kier alpha value is -2.49. The normalized spacial score (nSPS) is 24.4. The van der Waals surface area contributed by atoms with Crippen molar-refractivity contribution in [2.45, 2.75) is 96.1 Å². The molecule has 0 atom stereocenters. The number of benzene rings is 1. The topological polar surface area (TPSA) is 25.8 Å². The van der Waals surface area contributed by atoms with Crippen molar-refractivity contribution in [1.29, 1.82) is 0 Å². The Labute approximate surface area is 216 Å². The summed E-state index contributed by atoms with van der Waals surface area (Å²) in [5.41, 5.74) is 0.169. The highest BCUT2D eigenvalue weighted by Crippen LogP contribution is 2.44. The molecule has 0 spiro atoms. The molecular weight excluding hydrogens is 483 g/mol. The molecule has 1 heterocycles. The Kier molecular flexibility index (Phi) is 9.21. The lowest BCUT2D eigenvalue weighted by molar-refractivity contribution is -0.0696. The highest BCUT2D eigenvalue weighted by Gasteiger charge is 2.31. The molecule has 1 aromatic heterocycles. The van der Waals surface area contributed by atoms with E-state index in [4.69, 9.17) is 0 Å². The summed E-state index contributed by atoms with van der Waals surface area (Å²) < 4.78 is 65.4. The SMILES string of the molecule is CCCCCC1CCC(C2CCC(c3cnc(-c4cc(F)c(C#CC(F)(F)F)c(F)c4)nc3)CC2)CC1. The number of rotatable bonds is 7. The number of hydrogen-bond acceptors (Lipinski definition) is 2. The summed E-state index contributed by atoms with van der Waals surface area (Å²) in [6.45, 7) is 2.26. The Morgan fingerprint density at radius 3 is 1.95 bits per heavy atom. The van der Waals surface area contributed by atoms with E-state index in [1.165, 1.54) is 70.1 Å². The summed E-state index contributed by atoms with van der Waals surface area (Å²) in [6, 6.07) is 1.84. The maximum absolute atomic E-state index is 14.3. The predicted octanol–water partition coefficient (Wildman–Crippen LogP) is 9.00. The molecule has 4 rings (SSSR count). The number of hydrogen-bond donors (Lipinski definition) is 0. The predicted molar refractivity (Wildman–Crippen MR) is 135 cm³/mol. The monoisotopic (exact) mass is 518 g/mol. The molecule has 1 aromatic carbocycles. The summed E-state index contributed by atoms with van der Waals surface area (Å²) in [6.07, 6.45) is 14.2. The number of alkyl halides is 3. The van der Waals surface area contributed by atoms with Crippen molar-refractivity contribution >= 4 is 0 Å². The first-order valence-electron chi connectivity index (χ1n) is 13.6. The first kappa shape index (κ1) is 27.5. The third-order valence-corrected chi connectivity index (χ3v) is 8.32. The summed E-state index contributed by atoms with van der Waals surface area (Å²) in [5, 5.41) is 0. The van der Waals surface area contributed by atoms with E-state index in [-0.39, 0.29) is 11.4 Å². The van der Waals surface area contributed by atoms with Crippen LogP contribution < -0.4 is 0 Å². The molecule has 0 aliphatic heterocycles. The first-order valence-corrected chi connectivity index (χ1v) is 13.6. The zero-order chi connectivity index (χ0) is 26.4. The number of unbranched alkanes of at least 4 members (excludes halogenated alkanes) is 2. The van der Waals surface area contributed by atoms with Crippen LogP contribution in [0.4, 0.5) is 22.0 Å². The molecule has 2 aromatic rings. The third kappa shape index (κ3) is 7.52. The first-order chi connectivity index (χ1) is 17.7. The van der Waals surface area contributed by atoms with Gasteiger partial charge in [0.15, 0.2) is 5.82 Å². The van der Waals surface area contributed by atoms with E-state index in [0.29, 0.717) is 5.92 Å². The van der Waals surface area contributed by atoms with Gasteiger partial charge in [-0.05, 0) is 79.9 Å². The van der Waals surface area contributed by atoms with E-state index in [9.17, 15) is 22.0 Å². The van der Waals surface area contributed by atoms with Crippen molar-refractivity contribution in [3.8, 4) is 23.2 Å². The van der Waals surface area contributed by atoms with Gasteiger partial charge in [0.05, 0.1) is 5.56 Å². The van der Waals surface area contributed by atoms with Crippen LogP contribution in [0.15, 0.2) is 24.5 Å². The average Bonchev–Trinajstić information content (AvgIpc) is 2.88. The Morgan fingerprint density at radius 2 is 1.41 bits per heavy atom. The minimum atomic E-state index is -4.83. The number of halogens is 5. The molecule has 0 radical (unpaired) electrons. The zero-order valence-corrected chi connectivity index (χ0v) is 21.4. The molecular formula is C30H35F5N2. The summed E-state index contributed by atoms with van der Waals surface area (Å²) >= 11 is 0. The Balaban J connectivity index is 1.31. The second kappa shape index (κ2) is 12.4. The van der Waals surface area contributed by atoms with Gasteiger partial charge in [0.1, 0.15) is 11.6 Å². The molecule has 200 valence electrons. The zero-order valence-electron chi connectivity index (χ0n) is 21.4. The molecule has 2 aliphatic carbocycles. The molecule has 0 saturated heterocycles. The smallest absolute Gasteiger partial charge is 0.236 e. The third-order valence-electron chi connectivity index (χ3n) is 8.32. The van der Waals surface area contributed by atoms with Crippen LogP contribution in [-0.4, -0.2) is 16.1 Å². The molecule has 2 aliphatic rings. The van der Waals surface area contributed by atoms with E-state index in [0.717, 1.165) is 54.2 Å². The van der Waals surface area contributed by atoms with Gasteiger partial charge in [0.2, 0.25) is 0 Å². The van der Waals surface area contributed by atoms with Crippen LogP contribution in [0.2, 0.25) is 0 Å². The van der Waals surface area contributed by atoms with Gasteiger partial charge in [-0.2, -0.15) is 13.2 Å². The molecule has 2 saturated carbocycles. The largest absolute Gasteiger partial charge is 0.458 e. The highest BCUT2D eigenvalue weighted by molar-refractivity contribution is 5.58. The Morgan fingerprint density at radius 1 is 0.838 bits per heavy atom. The van der Waals surface area contributed by atoms with Crippen molar-refractivity contribution in [3.05, 3.63) is 47.3 Å². The maximum atomic E-state index is 14.3. The van der Waals surface area contributed by atoms with E-state index in [1.807, 2.05) is 0 Å². The summed E-state index contributed by atoms with van der Waals surface area (Å²) in [7, 11) is 0. The van der Waals surface area contributed by atoms with Crippen LogP contribution in [0, 0.1) is 41.2 Å². The van der Waals surface area contributed by atoms with Gasteiger partial charge in [-0.3, -0.25) is 0 Å². The van der Waals surface area contributed by atoms with E-state index < -0.39 is 23.4 Å². The fourth-order valence-electron chi connectivity index (χ4n) is 6.21. The quantitative estimate of drug-likeness (QED) is 0.208. The second-order valence-corrected chi connectivity index (χ2v) is 10.8. The molecule has 0 amide bonds. The molecule has 0 bridgehead atoms. The lowest BCUT2D eigenvalue weighted by Crippen LogP contribution is -2.25. The van der Waals surface area contributed by atoms with Gasteiger partial charge in [0.25, 0.3) is 0 Å². The lowest BCUT2D eigenvalue weighted by Gasteiger charge is -2.38. The van der Waals surface area contributed by atoms with Gasteiger partial charge in [-0.15, -0.1) is 0 Å². The van der Waals surface area contributed by atoms with Crippen molar-refractivity contribution in [2.75, 3.05) is 0 Å². The minimum Gasteiger partial charge on any atom is -0.236 e. The van der Waals surface area contributed by atoms with Crippen molar-refractivity contribution in [1.82, 2.24) is 9.97 Å². The molecule has 37 heavy (non-hydrogen) atoms. The van der Waals surface area contributed by atoms with Crippen LogP contribution in [0.3, 0.4) is 0 Å². The maximum Gasteiger partial charge on any atom is 0.458 e. The fraction of sp³-hybridized carbons (Fsp3) is 0.600. The fourth-order valence-corrected chi connectivity index (χ4v) is 6.21. The standard InChI is InChI=1S/C30H35F5N2/c1-2-3-4-5-20-6-8-21(9-7-20)22-10-12-23(13-11-22)25-18-36-29(37-19-25)24-16-27(31)26(28(32)17-24)14-15-30(33,34)35/h16-23H,2-13H2,1H3. The molecule has 2 nitrogen and oxygen atoms in total. The highest BCUT2D eigenvalue weighted by atomic mass is 19.4. The van der Waals surface area contributed by atoms with Gasteiger partial charge in [-0.1, -0.05) is 51.4 Å². The van der Waals surface area contributed by atoms with E-state index in [2.05, 4.69) is 16.9 Å². The molecule has 7 heteroatoms. The van der Waals surface area contributed by atoms with Crippen molar-refractivity contribution < 1.29 is 22.0 Å². The van der Waals surface area contributed by atoms with Gasteiger partial charge >= 0.3 is 6.18 Å². The van der Waals surface area contributed by atoms with Crippen LogP contribution >= 0.6 is 0 Å².